The molecule has 4 aromatic rings. The highest BCUT2D eigenvalue weighted by Crippen LogP contribution is 2.32. The van der Waals surface area contributed by atoms with Crippen molar-refractivity contribution >= 4 is 27.6 Å². The Bertz CT molecular complexity index is 1440. The minimum Gasteiger partial charge on any atom is -0.392 e. The average Bonchev–Trinajstić information content (AvgIpc) is 2.88. The summed E-state index contributed by atoms with van der Waals surface area (Å²) in [4.78, 5) is 8.95. The predicted molar refractivity (Wildman–Crippen MR) is 138 cm³/mol. The number of aliphatic hydroxyl groups is 1. The van der Waals surface area contributed by atoms with Crippen LogP contribution in [-0.2, 0) is 23.2 Å². The third-order valence-electron chi connectivity index (χ3n) is 5.23. The van der Waals surface area contributed by atoms with Crippen LogP contribution in [0.5, 0.6) is 0 Å². The van der Waals surface area contributed by atoms with E-state index >= 15 is 0 Å². The number of hydrogen-bond acceptors (Lipinski definition) is 5. The van der Waals surface area contributed by atoms with E-state index in [0.717, 1.165) is 33.5 Å². The second-order valence-corrected chi connectivity index (χ2v) is 9.84. The van der Waals surface area contributed by atoms with Gasteiger partial charge >= 0.3 is 0 Å². The van der Waals surface area contributed by atoms with Crippen LogP contribution in [0.25, 0.3) is 22.4 Å². The molecule has 9 heteroatoms. The normalized spacial score (nSPS) is 11.9. The molecule has 1 aromatic heterocycles. The number of halogens is 1. The summed E-state index contributed by atoms with van der Waals surface area (Å²) in [6, 6.07) is 24.8. The zero-order valence-corrected chi connectivity index (χ0v) is 20.2. The topological polar surface area (TPSA) is 118 Å². The van der Waals surface area contributed by atoms with Crippen LogP contribution in [0.2, 0.25) is 5.02 Å². The van der Waals surface area contributed by atoms with Crippen LogP contribution in [0.4, 0.5) is 0 Å². The van der Waals surface area contributed by atoms with Gasteiger partial charge in [-0.05, 0) is 47.0 Å². The highest BCUT2D eigenvalue weighted by Gasteiger charge is 2.15. The number of nitrogens with zero attached hydrogens (tertiary/aromatic N) is 2. The molecule has 35 heavy (non-hydrogen) atoms. The van der Waals surface area contributed by atoms with E-state index in [1.54, 1.807) is 36.5 Å². The fourth-order valence-corrected chi connectivity index (χ4v) is 4.55. The number of aliphatic hydroxyl groups excluding tert-OH is 1. The smallest absolute Gasteiger partial charge is 0.264 e. The summed E-state index contributed by atoms with van der Waals surface area (Å²) in [5.41, 5.74) is 10.8. The van der Waals surface area contributed by atoms with Gasteiger partial charge in [-0.2, -0.15) is 0 Å². The molecule has 0 unspecified atom stereocenters. The minimum atomic E-state index is -3.82. The molecule has 0 aliphatic heterocycles. The lowest BCUT2D eigenvalue weighted by atomic mass is 9.97. The van der Waals surface area contributed by atoms with Crippen molar-refractivity contribution in [3.05, 3.63) is 107 Å². The van der Waals surface area contributed by atoms with Crippen LogP contribution in [0.15, 0.2) is 101 Å². The molecule has 0 fully saturated rings. The average molecular weight is 507 g/mol. The van der Waals surface area contributed by atoms with Crippen molar-refractivity contribution in [2.75, 3.05) is 0 Å². The molecule has 0 aliphatic carbocycles. The SMILES string of the molecule is NC(=NCc1cnc(-c2ccc(Cl)cc2)c(-c2ccc(CO)cc2)c1)NS(=O)(=O)c1ccccc1. The number of nitrogens with one attached hydrogen (secondary N) is 1. The number of rotatable bonds is 7. The number of nitrogens with two attached hydrogens (primary N) is 1. The Morgan fingerprint density at radius 3 is 2.26 bits per heavy atom. The standard InChI is InChI=1S/C26H23ClN4O3S/c27-22-12-10-21(11-13-22)25-24(20-8-6-18(17-32)7-9-20)14-19(15-29-25)16-30-26(28)31-35(33,34)23-4-2-1-3-5-23/h1-15,32H,16-17H2,(H3,28,30,31). The molecule has 0 atom stereocenters. The largest absolute Gasteiger partial charge is 0.392 e. The van der Waals surface area contributed by atoms with E-state index in [1.165, 1.54) is 12.1 Å². The Kier molecular flexibility index (Phi) is 7.45. The van der Waals surface area contributed by atoms with Crippen LogP contribution in [0.1, 0.15) is 11.1 Å². The van der Waals surface area contributed by atoms with E-state index in [9.17, 15) is 13.5 Å². The number of sulfonamides is 1. The number of benzene rings is 3. The molecule has 7 nitrogen and oxygen atoms in total. The van der Waals surface area contributed by atoms with E-state index in [0.29, 0.717) is 5.02 Å². The number of pyridine rings is 1. The molecule has 0 amide bonds. The summed E-state index contributed by atoms with van der Waals surface area (Å²) >= 11 is 6.05. The van der Waals surface area contributed by atoms with Crippen molar-refractivity contribution < 1.29 is 13.5 Å². The highest BCUT2D eigenvalue weighted by molar-refractivity contribution is 7.90. The second kappa shape index (κ2) is 10.7. The van der Waals surface area contributed by atoms with Crippen molar-refractivity contribution in [1.82, 2.24) is 9.71 Å². The van der Waals surface area contributed by atoms with Crippen LogP contribution in [-0.4, -0.2) is 24.5 Å². The van der Waals surface area contributed by atoms with Crippen molar-refractivity contribution in [3.8, 4) is 22.4 Å². The quantitative estimate of drug-likeness (QED) is 0.254. The predicted octanol–water partition coefficient (Wildman–Crippen LogP) is 4.35. The zero-order chi connectivity index (χ0) is 24.8. The monoisotopic (exact) mass is 506 g/mol. The summed E-state index contributed by atoms with van der Waals surface area (Å²) in [5, 5.41) is 10.0. The molecular weight excluding hydrogens is 484 g/mol. The molecule has 178 valence electrons. The van der Waals surface area contributed by atoms with Crippen molar-refractivity contribution in [2.24, 2.45) is 10.7 Å². The maximum atomic E-state index is 12.5. The molecule has 4 rings (SSSR count). The van der Waals surface area contributed by atoms with Gasteiger partial charge < -0.3 is 10.8 Å². The van der Waals surface area contributed by atoms with E-state index in [1.807, 2.05) is 42.5 Å². The molecule has 0 saturated carbocycles. The van der Waals surface area contributed by atoms with Gasteiger partial charge in [0.1, 0.15) is 0 Å². The number of aliphatic imine (C=N–C) groups is 1. The van der Waals surface area contributed by atoms with Crippen LogP contribution in [0.3, 0.4) is 0 Å². The van der Waals surface area contributed by atoms with Gasteiger partial charge in [0, 0.05) is 22.3 Å². The molecule has 0 bridgehead atoms. The third kappa shape index (κ3) is 6.05. The highest BCUT2D eigenvalue weighted by atomic mass is 35.5. The van der Waals surface area contributed by atoms with Crippen molar-refractivity contribution in [1.29, 1.82) is 0 Å². The molecule has 0 radical (unpaired) electrons. The maximum Gasteiger partial charge on any atom is 0.264 e. The van der Waals surface area contributed by atoms with E-state index in [2.05, 4.69) is 14.7 Å². The molecule has 3 aromatic carbocycles. The molecule has 0 aliphatic rings. The lowest BCUT2D eigenvalue weighted by Crippen LogP contribution is -2.36. The number of guanidine groups is 1. The van der Waals surface area contributed by atoms with Gasteiger partial charge in [0.05, 0.1) is 23.7 Å². The molecular formula is C26H23ClN4O3S. The zero-order valence-electron chi connectivity index (χ0n) is 18.6. The molecule has 0 spiro atoms. The third-order valence-corrected chi connectivity index (χ3v) is 6.86. The summed E-state index contributed by atoms with van der Waals surface area (Å²) < 4.78 is 27.2. The maximum absolute atomic E-state index is 12.5. The summed E-state index contributed by atoms with van der Waals surface area (Å²) in [7, 11) is -3.82. The van der Waals surface area contributed by atoms with Gasteiger partial charge in [-0.1, -0.05) is 66.2 Å². The molecule has 0 saturated heterocycles. The van der Waals surface area contributed by atoms with Gasteiger partial charge in [-0.25, -0.2) is 18.1 Å². The van der Waals surface area contributed by atoms with Gasteiger partial charge in [0.25, 0.3) is 10.0 Å². The Morgan fingerprint density at radius 1 is 0.943 bits per heavy atom. The van der Waals surface area contributed by atoms with Crippen LogP contribution >= 0.6 is 11.6 Å². The minimum absolute atomic E-state index is 0.0461. The Hall–Kier alpha value is -3.72. The van der Waals surface area contributed by atoms with Crippen LogP contribution in [0, 0.1) is 0 Å². The van der Waals surface area contributed by atoms with Gasteiger partial charge in [0.15, 0.2) is 0 Å². The van der Waals surface area contributed by atoms with Gasteiger partial charge in [0.2, 0.25) is 5.96 Å². The van der Waals surface area contributed by atoms with Crippen molar-refractivity contribution in [3.63, 3.8) is 0 Å². The first-order chi connectivity index (χ1) is 16.9. The Morgan fingerprint density at radius 2 is 1.60 bits per heavy atom. The van der Waals surface area contributed by atoms with Crippen LogP contribution < -0.4 is 10.5 Å². The fourth-order valence-electron chi connectivity index (χ4n) is 3.45. The second-order valence-electron chi connectivity index (χ2n) is 7.72. The number of aromatic nitrogens is 1. The number of hydrogen-bond donors (Lipinski definition) is 3. The first kappa shape index (κ1) is 24.4. The lowest BCUT2D eigenvalue weighted by Gasteiger charge is -2.12. The fraction of sp³-hybridized carbons (Fsp3) is 0.0769. The summed E-state index contributed by atoms with van der Waals surface area (Å²) in [6.07, 6.45) is 1.68. The summed E-state index contributed by atoms with van der Waals surface area (Å²) in [6.45, 7) is 0.0776. The lowest BCUT2D eigenvalue weighted by molar-refractivity contribution is 0.282. The summed E-state index contributed by atoms with van der Waals surface area (Å²) in [5.74, 6) is -0.218. The first-order valence-electron chi connectivity index (χ1n) is 10.7. The molecule has 1 heterocycles. The first-order valence-corrected chi connectivity index (χ1v) is 12.5. The molecule has 4 N–H and O–H groups in total. The Balaban J connectivity index is 1.63. The van der Waals surface area contributed by atoms with E-state index in [4.69, 9.17) is 17.3 Å². The van der Waals surface area contributed by atoms with Crippen molar-refractivity contribution in [2.45, 2.75) is 18.0 Å². The van der Waals surface area contributed by atoms with E-state index < -0.39 is 10.0 Å². The van der Waals surface area contributed by atoms with Gasteiger partial charge in [-0.3, -0.25) is 4.98 Å². The Labute approximate surface area is 209 Å². The van der Waals surface area contributed by atoms with Gasteiger partial charge in [-0.15, -0.1) is 0 Å². The van der Waals surface area contributed by atoms with E-state index in [-0.39, 0.29) is 24.0 Å².